The Hall–Kier alpha value is -2.62. The SMILES string of the molecule is CC[C@H](C)c1ccccc1OC(=O)[C@H]1CC(=O)N(c2cc(C)ccc2C)C1. The number of hydrogen-bond acceptors (Lipinski definition) is 3. The zero-order chi connectivity index (χ0) is 19.6. The second-order valence-electron chi connectivity index (χ2n) is 7.46. The molecule has 0 aromatic heterocycles. The molecule has 4 heteroatoms. The van der Waals surface area contributed by atoms with Crippen LogP contribution in [0.4, 0.5) is 5.69 Å². The van der Waals surface area contributed by atoms with E-state index in [-0.39, 0.29) is 18.3 Å². The maximum Gasteiger partial charge on any atom is 0.316 e. The number of benzene rings is 2. The van der Waals surface area contributed by atoms with Gasteiger partial charge in [0.25, 0.3) is 0 Å². The van der Waals surface area contributed by atoms with Gasteiger partial charge in [-0.3, -0.25) is 9.59 Å². The van der Waals surface area contributed by atoms with Crippen molar-refractivity contribution in [2.45, 2.75) is 46.5 Å². The number of esters is 1. The van der Waals surface area contributed by atoms with Crippen LogP contribution in [0.1, 0.15) is 49.3 Å². The molecule has 1 heterocycles. The number of carbonyl (C=O) groups is 2. The molecule has 0 bridgehead atoms. The summed E-state index contributed by atoms with van der Waals surface area (Å²) in [6, 6.07) is 13.7. The third-order valence-corrected chi connectivity index (χ3v) is 5.39. The lowest BCUT2D eigenvalue weighted by molar-refractivity contribution is -0.139. The van der Waals surface area contributed by atoms with Crippen LogP contribution in [0.3, 0.4) is 0 Å². The Kier molecular flexibility index (Phi) is 5.64. The van der Waals surface area contributed by atoms with Crippen LogP contribution >= 0.6 is 0 Å². The van der Waals surface area contributed by atoms with Crippen molar-refractivity contribution in [1.82, 2.24) is 0 Å². The lowest BCUT2D eigenvalue weighted by atomic mass is 9.98. The number of ether oxygens (including phenoxy) is 1. The quantitative estimate of drug-likeness (QED) is 0.566. The number of nitrogens with zero attached hydrogens (tertiary/aromatic N) is 1. The molecule has 0 spiro atoms. The van der Waals surface area contributed by atoms with Crippen LogP contribution < -0.4 is 9.64 Å². The van der Waals surface area contributed by atoms with Crippen LogP contribution in [0.2, 0.25) is 0 Å². The number of rotatable bonds is 5. The van der Waals surface area contributed by atoms with Gasteiger partial charge in [-0.2, -0.15) is 0 Å². The summed E-state index contributed by atoms with van der Waals surface area (Å²) in [5, 5.41) is 0. The number of carbonyl (C=O) groups excluding carboxylic acids is 2. The number of para-hydroxylation sites is 1. The number of hydrogen-bond donors (Lipinski definition) is 0. The van der Waals surface area contributed by atoms with E-state index in [0.717, 1.165) is 28.8 Å². The maximum absolute atomic E-state index is 12.8. The van der Waals surface area contributed by atoms with Crippen molar-refractivity contribution in [2.24, 2.45) is 5.92 Å². The molecule has 142 valence electrons. The minimum Gasteiger partial charge on any atom is -0.426 e. The van der Waals surface area contributed by atoms with E-state index in [0.29, 0.717) is 18.2 Å². The average Bonchev–Trinajstić information content (AvgIpc) is 3.05. The van der Waals surface area contributed by atoms with Gasteiger partial charge in [0.2, 0.25) is 5.91 Å². The summed E-state index contributed by atoms with van der Waals surface area (Å²) in [6.07, 6.45) is 1.16. The van der Waals surface area contributed by atoms with Crippen LogP contribution in [-0.4, -0.2) is 18.4 Å². The zero-order valence-corrected chi connectivity index (χ0v) is 16.5. The molecule has 1 aliphatic rings. The van der Waals surface area contributed by atoms with E-state index in [1.54, 1.807) is 4.90 Å². The summed E-state index contributed by atoms with van der Waals surface area (Å²) >= 11 is 0. The van der Waals surface area contributed by atoms with E-state index in [4.69, 9.17) is 4.74 Å². The van der Waals surface area contributed by atoms with Crippen LogP contribution in [0.5, 0.6) is 5.75 Å². The van der Waals surface area contributed by atoms with Crippen molar-refractivity contribution in [3.05, 3.63) is 59.2 Å². The van der Waals surface area contributed by atoms with Crippen LogP contribution in [0.15, 0.2) is 42.5 Å². The first kappa shape index (κ1) is 19.2. The molecule has 0 N–H and O–H groups in total. The number of aryl methyl sites for hydroxylation is 2. The smallest absolute Gasteiger partial charge is 0.316 e. The van der Waals surface area contributed by atoms with Gasteiger partial charge in [0.1, 0.15) is 5.75 Å². The predicted molar refractivity (Wildman–Crippen MR) is 107 cm³/mol. The lowest BCUT2D eigenvalue weighted by Crippen LogP contribution is -2.28. The van der Waals surface area contributed by atoms with Gasteiger partial charge in [0.15, 0.2) is 0 Å². The summed E-state index contributed by atoms with van der Waals surface area (Å²) in [5.41, 5.74) is 4.04. The van der Waals surface area contributed by atoms with Crippen LogP contribution in [-0.2, 0) is 9.59 Å². The highest BCUT2D eigenvalue weighted by molar-refractivity contribution is 6.00. The molecule has 2 aromatic carbocycles. The van der Waals surface area contributed by atoms with Crippen molar-refractivity contribution in [3.63, 3.8) is 0 Å². The Labute approximate surface area is 161 Å². The lowest BCUT2D eigenvalue weighted by Gasteiger charge is -2.20. The summed E-state index contributed by atoms with van der Waals surface area (Å²) in [7, 11) is 0. The fraction of sp³-hybridized carbons (Fsp3) is 0.391. The topological polar surface area (TPSA) is 46.6 Å². The molecule has 4 nitrogen and oxygen atoms in total. The van der Waals surface area contributed by atoms with Crippen molar-refractivity contribution >= 4 is 17.6 Å². The molecule has 1 saturated heterocycles. The Morgan fingerprint density at radius 2 is 1.96 bits per heavy atom. The minimum absolute atomic E-state index is 0.0270. The first-order valence-corrected chi connectivity index (χ1v) is 9.59. The molecule has 1 fully saturated rings. The second-order valence-corrected chi connectivity index (χ2v) is 7.46. The zero-order valence-electron chi connectivity index (χ0n) is 16.5. The van der Waals surface area contributed by atoms with Crippen molar-refractivity contribution in [3.8, 4) is 5.75 Å². The van der Waals surface area contributed by atoms with Gasteiger partial charge in [-0.25, -0.2) is 0 Å². The average molecular weight is 365 g/mol. The van der Waals surface area contributed by atoms with Crippen LogP contribution in [0, 0.1) is 19.8 Å². The van der Waals surface area contributed by atoms with Gasteiger partial charge in [-0.1, -0.05) is 44.2 Å². The molecule has 0 unspecified atom stereocenters. The predicted octanol–water partition coefficient (Wildman–Crippen LogP) is 4.78. The third kappa shape index (κ3) is 4.05. The molecule has 27 heavy (non-hydrogen) atoms. The first-order chi connectivity index (χ1) is 12.9. The fourth-order valence-electron chi connectivity index (χ4n) is 3.50. The molecule has 2 aromatic rings. The standard InChI is InChI=1S/C23H27NO3/c1-5-16(3)19-8-6-7-9-21(19)27-23(26)18-13-22(25)24(14-18)20-12-15(2)10-11-17(20)4/h6-12,16,18H,5,13-14H2,1-4H3/t16-,18-/m0/s1. The first-order valence-electron chi connectivity index (χ1n) is 9.59. The molecular formula is C23H27NO3. The normalized spacial score (nSPS) is 17.9. The Bertz CT molecular complexity index is 858. The Morgan fingerprint density at radius 1 is 1.22 bits per heavy atom. The third-order valence-electron chi connectivity index (χ3n) is 5.39. The van der Waals surface area contributed by atoms with E-state index in [1.165, 1.54) is 0 Å². The highest BCUT2D eigenvalue weighted by Crippen LogP contribution is 2.32. The number of amides is 1. The largest absolute Gasteiger partial charge is 0.426 e. The van der Waals surface area contributed by atoms with E-state index >= 15 is 0 Å². The molecule has 0 radical (unpaired) electrons. The molecule has 1 aliphatic heterocycles. The summed E-state index contributed by atoms with van der Waals surface area (Å²) in [6.45, 7) is 8.58. The minimum atomic E-state index is -0.442. The van der Waals surface area contributed by atoms with Gasteiger partial charge in [-0.15, -0.1) is 0 Å². The van der Waals surface area contributed by atoms with E-state index < -0.39 is 5.92 Å². The number of anilines is 1. The molecule has 1 amide bonds. The maximum atomic E-state index is 12.8. The van der Waals surface area contributed by atoms with Gasteiger partial charge in [0, 0.05) is 18.7 Å². The highest BCUT2D eigenvalue weighted by Gasteiger charge is 2.37. The Balaban J connectivity index is 1.76. The summed E-state index contributed by atoms with van der Waals surface area (Å²) < 4.78 is 5.72. The van der Waals surface area contributed by atoms with E-state index in [2.05, 4.69) is 13.8 Å². The fourth-order valence-corrected chi connectivity index (χ4v) is 3.50. The van der Waals surface area contributed by atoms with Gasteiger partial charge in [0.05, 0.1) is 5.92 Å². The molecule has 2 atom stereocenters. The summed E-state index contributed by atoms with van der Waals surface area (Å²) in [5.74, 6) is 0.121. The monoisotopic (exact) mass is 365 g/mol. The van der Waals surface area contributed by atoms with Crippen molar-refractivity contribution in [2.75, 3.05) is 11.4 Å². The Morgan fingerprint density at radius 3 is 2.70 bits per heavy atom. The molecule has 3 rings (SSSR count). The van der Waals surface area contributed by atoms with Crippen LogP contribution in [0.25, 0.3) is 0 Å². The van der Waals surface area contributed by atoms with E-state index in [1.807, 2.05) is 56.3 Å². The summed E-state index contributed by atoms with van der Waals surface area (Å²) in [4.78, 5) is 27.0. The highest BCUT2D eigenvalue weighted by atomic mass is 16.5. The van der Waals surface area contributed by atoms with Gasteiger partial charge in [-0.05, 0) is 55.0 Å². The molecule has 0 saturated carbocycles. The van der Waals surface area contributed by atoms with Crippen molar-refractivity contribution in [1.29, 1.82) is 0 Å². The van der Waals surface area contributed by atoms with Crippen molar-refractivity contribution < 1.29 is 14.3 Å². The molecule has 0 aliphatic carbocycles. The van der Waals surface area contributed by atoms with E-state index in [9.17, 15) is 9.59 Å². The van der Waals surface area contributed by atoms with Gasteiger partial charge < -0.3 is 9.64 Å². The van der Waals surface area contributed by atoms with Gasteiger partial charge >= 0.3 is 5.97 Å². The molecular weight excluding hydrogens is 338 g/mol. The second kappa shape index (κ2) is 7.95.